The summed E-state index contributed by atoms with van der Waals surface area (Å²) in [6.07, 6.45) is 1.34. The van der Waals surface area contributed by atoms with Crippen LogP contribution < -0.4 is 10.2 Å². The Morgan fingerprint density at radius 2 is 1.93 bits per heavy atom. The molecule has 9 heteroatoms. The Bertz CT molecular complexity index is 1040. The summed E-state index contributed by atoms with van der Waals surface area (Å²) in [5.74, 6) is -0.373. The molecule has 0 unspecified atom stereocenters. The minimum absolute atomic E-state index is 0.0153. The van der Waals surface area contributed by atoms with Gasteiger partial charge in [-0.05, 0) is 58.7 Å². The lowest BCUT2D eigenvalue weighted by atomic mass is 10.2. The number of hydrogen-bond acceptors (Lipinski definition) is 4. The van der Waals surface area contributed by atoms with Crippen molar-refractivity contribution in [2.45, 2.75) is 17.7 Å². The third kappa shape index (κ3) is 4.11. The molecule has 28 heavy (non-hydrogen) atoms. The van der Waals surface area contributed by atoms with Crippen LogP contribution in [0.25, 0.3) is 0 Å². The second-order valence-electron chi connectivity index (χ2n) is 6.59. The van der Waals surface area contributed by atoms with Crippen molar-refractivity contribution < 1.29 is 18.0 Å². The maximum Gasteiger partial charge on any atom is 0.255 e. The first-order valence-corrected chi connectivity index (χ1v) is 10.9. The normalized spacial score (nSPS) is 14.6. The minimum Gasteiger partial charge on any atom is -0.322 e. The van der Waals surface area contributed by atoms with Crippen molar-refractivity contribution in [1.29, 1.82) is 0 Å². The van der Waals surface area contributed by atoms with Crippen LogP contribution in [0.1, 0.15) is 23.2 Å². The van der Waals surface area contributed by atoms with E-state index in [0.717, 1.165) is 16.4 Å². The zero-order valence-electron chi connectivity index (χ0n) is 15.5. The van der Waals surface area contributed by atoms with Crippen molar-refractivity contribution in [3.05, 3.63) is 52.5 Å². The van der Waals surface area contributed by atoms with Crippen LogP contribution in [0.5, 0.6) is 0 Å². The monoisotopic (exact) mass is 465 g/mol. The summed E-state index contributed by atoms with van der Waals surface area (Å²) in [5.41, 5.74) is 1.47. The van der Waals surface area contributed by atoms with Gasteiger partial charge in [0.2, 0.25) is 15.9 Å². The van der Waals surface area contributed by atoms with Gasteiger partial charge in [-0.3, -0.25) is 9.59 Å². The third-order valence-corrected chi connectivity index (χ3v) is 7.25. The molecular weight excluding hydrogens is 446 g/mol. The van der Waals surface area contributed by atoms with Crippen molar-refractivity contribution in [1.82, 2.24) is 4.31 Å². The molecule has 2 amide bonds. The highest BCUT2D eigenvalue weighted by molar-refractivity contribution is 9.10. The molecule has 148 valence electrons. The Labute approximate surface area is 172 Å². The van der Waals surface area contributed by atoms with Gasteiger partial charge in [-0.15, -0.1) is 0 Å². The fourth-order valence-corrected chi connectivity index (χ4v) is 4.76. The number of halogens is 1. The van der Waals surface area contributed by atoms with Gasteiger partial charge < -0.3 is 10.2 Å². The number of carbonyl (C=O) groups is 2. The fourth-order valence-electron chi connectivity index (χ4n) is 2.91. The van der Waals surface area contributed by atoms with Gasteiger partial charge >= 0.3 is 0 Å². The summed E-state index contributed by atoms with van der Waals surface area (Å²) in [6, 6.07) is 11.4. The molecule has 0 saturated carbocycles. The van der Waals surface area contributed by atoms with Crippen LogP contribution in [0, 0.1) is 0 Å². The summed E-state index contributed by atoms with van der Waals surface area (Å²) in [6.45, 7) is 0.661. The predicted octanol–water partition coefficient (Wildman–Crippen LogP) is 3.08. The number of carbonyl (C=O) groups excluding carboxylic acids is 2. The molecule has 0 spiro atoms. The summed E-state index contributed by atoms with van der Waals surface area (Å²) >= 11 is 3.23. The van der Waals surface area contributed by atoms with E-state index in [2.05, 4.69) is 21.2 Å². The van der Waals surface area contributed by atoms with Gasteiger partial charge in [-0.2, -0.15) is 0 Å². The first-order chi connectivity index (χ1) is 13.2. The van der Waals surface area contributed by atoms with E-state index >= 15 is 0 Å². The number of sulfonamides is 1. The van der Waals surface area contributed by atoms with Gasteiger partial charge in [0, 0.05) is 48.5 Å². The van der Waals surface area contributed by atoms with E-state index in [9.17, 15) is 18.0 Å². The van der Waals surface area contributed by atoms with Crippen LogP contribution in [0.3, 0.4) is 0 Å². The number of benzene rings is 2. The summed E-state index contributed by atoms with van der Waals surface area (Å²) in [7, 11) is -0.838. The number of amides is 2. The standard InChI is InChI=1S/C19H20BrN3O4S/c1-22(2)28(26,27)17-11-13(8-9-16(17)20)19(25)21-14-5-3-6-15(12-14)23-10-4-7-18(23)24/h3,5-6,8-9,11-12H,4,7,10H2,1-2H3,(H,21,25). The maximum atomic E-state index is 12.7. The first-order valence-electron chi connectivity index (χ1n) is 8.64. The van der Waals surface area contributed by atoms with E-state index in [-0.39, 0.29) is 16.4 Å². The number of hydrogen-bond donors (Lipinski definition) is 1. The molecule has 0 aliphatic carbocycles. The molecule has 1 heterocycles. The van der Waals surface area contributed by atoms with Gasteiger partial charge in [-0.1, -0.05) is 6.07 Å². The molecule has 1 aliphatic heterocycles. The number of anilines is 2. The third-order valence-electron chi connectivity index (χ3n) is 4.44. The number of nitrogens with one attached hydrogen (secondary N) is 1. The van der Waals surface area contributed by atoms with Gasteiger partial charge in [0.25, 0.3) is 5.91 Å². The van der Waals surface area contributed by atoms with Crippen LogP contribution in [0.2, 0.25) is 0 Å². The van der Waals surface area contributed by atoms with E-state index in [1.54, 1.807) is 29.2 Å². The highest BCUT2D eigenvalue weighted by Gasteiger charge is 2.23. The zero-order chi connectivity index (χ0) is 20.5. The van der Waals surface area contributed by atoms with Crippen molar-refractivity contribution >= 4 is 49.1 Å². The molecule has 0 radical (unpaired) electrons. The van der Waals surface area contributed by atoms with Crippen LogP contribution in [-0.2, 0) is 14.8 Å². The van der Waals surface area contributed by atoms with Crippen LogP contribution in [-0.4, -0.2) is 45.2 Å². The van der Waals surface area contributed by atoms with E-state index in [1.807, 2.05) is 6.07 Å². The maximum absolute atomic E-state index is 12.7. The van der Waals surface area contributed by atoms with Crippen molar-refractivity contribution in [3.8, 4) is 0 Å². The van der Waals surface area contributed by atoms with Gasteiger partial charge in [0.1, 0.15) is 0 Å². The molecule has 3 rings (SSSR count). The topological polar surface area (TPSA) is 86.8 Å². The van der Waals surface area contributed by atoms with Crippen LogP contribution in [0.4, 0.5) is 11.4 Å². The average Bonchev–Trinajstić information content (AvgIpc) is 3.08. The molecule has 0 aromatic heterocycles. The summed E-state index contributed by atoms with van der Waals surface area (Å²) < 4.78 is 26.3. The van der Waals surface area contributed by atoms with Crippen molar-refractivity contribution in [2.75, 3.05) is 30.9 Å². The highest BCUT2D eigenvalue weighted by atomic mass is 79.9. The molecule has 1 N–H and O–H groups in total. The lowest BCUT2D eigenvalue weighted by Gasteiger charge is -2.17. The highest BCUT2D eigenvalue weighted by Crippen LogP contribution is 2.27. The Hall–Kier alpha value is -2.23. The van der Waals surface area contributed by atoms with E-state index < -0.39 is 15.9 Å². The minimum atomic E-state index is -3.70. The molecule has 7 nitrogen and oxygen atoms in total. The largest absolute Gasteiger partial charge is 0.322 e. The molecule has 0 atom stereocenters. The molecule has 0 bridgehead atoms. The quantitative estimate of drug-likeness (QED) is 0.734. The van der Waals surface area contributed by atoms with Gasteiger partial charge in [0.05, 0.1) is 4.90 Å². The Kier molecular flexibility index (Phi) is 5.87. The Morgan fingerprint density at radius 3 is 2.57 bits per heavy atom. The predicted molar refractivity (Wildman–Crippen MR) is 111 cm³/mol. The van der Waals surface area contributed by atoms with Crippen LogP contribution >= 0.6 is 15.9 Å². The van der Waals surface area contributed by atoms with Crippen molar-refractivity contribution in [2.24, 2.45) is 0 Å². The molecular formula is C19H20BrN3O4S. The summed E-state index contributed by atoms with van der Waals surface area (Å²) in [5, 5.41) is 2.76. The van der Waals surface area contributed by atoms with E-state index in [0.29, 0.717) is 23.1 Å². The summed E-state index contributed by atoms with van der Waals surface area (Å²) in [4.78, 5) is 26.3. The molecule has 1 fully saturated rings. The fraction of sp³-hybridized carbons (Fsp3) is 0.263. The average molecular weight is 466 g/mol. The van der Waals surface area contributed by atoms with E-state index in [1.165, 1.54) is 26.2 Å². The van der Waals surface area contributed by atoms with Crippen molar-refractivity contribution in [3.63, 3.8) is 0 Å². The smallest absolute Gasteiger partial charge is 0.255 e. The first kappa shape index (κ1) is 20.5. The van der Waals surface area contributed by atoms with E-state index in [4.69, 9.17) is 0 Å². The Morgan fingerprint density at radius 1 is 1.18 bits per heavy atom. The molecule has 2 aromatic carbocycles. The number of rotatable bonds is 5. The SMILES string of the molecule is CN(C)S(=O)(=O)c1cc(C(=O)Nc2cccc(N3CCCC3=O)c2)ccc1Br. The van der Waals surface area contributed by atoms with Crippen LogP contribution in [0.15, 0.2) is 51.8 Å². The number of nitrogens with zero attached hydrogens (tertiary/aromatic N) is 2. The molecule has 2 aromatic rings. The lowest BCUT2D eigenvalue weighted by Crippen LogP contribution is -2.24. The molecule has 1 aliphatic rings. The second-order valence-corrected chi connectivity index (χ2v) is 9.56. The Balaban J connectivity index is 1.85. The second kappa shape index (κ2) is 8.02. The zero-order valence-corrected chi connectivity index (χ0v) is 17.9. The van der Waals surface area contributed by atoms with Gasteiger partial charge in [0.15, 0.2) is 0 Å². The lowest BCUT2D eigenvalue weighted by molar-refractivity contribution is -0.117. The molecule has 1 saturated heterocycles. The van der Waals surface area contributed by atoms with Gasteiger partial charge in [-0.25, -0.2) is 12.7 Å².